The molecule has 6 heteroatoms. The van der Waals surface area contributed by atoms with Crippen molar-refractivity contribution in [3.63, 3.8) is 0 Å². The molecule has 3 atom stereocenters. The lowest BCUT2D eigenvalue weighted by molar-refractivity contribution is 0.127. The molecule has 4 nitrogen and oxygen atoms in total. The topological polar surface area (TPSA) is 55.4 Å². The number of sulfonamides is 1. The molecule has 1 aliphatic carbocycles. The molecule has 0 radical (unpaired) electrons. The maximum Gasteiger partial charge on any atom is 0.214 e. The molecule has 0 amide bonds. The Morgan fingerprint density at radius 2 is 1.94 bits per heavy atom. The van der Waals surface area contributed by atoms with Gasteiger partial charge in [-0.2, -0.15) is 0 Å². The first-order chi connectivity index (χ1) is 8.57. The molecule has 0 spiro atoms. The Balaban J connectivity index is 1.76. The minimum absolute atomic E-state index is 0.0900. The van der Waals surface area contributed by atoms with Crippen LogP contribution >= 0.6 is 11.6 Å². The summed E-state index contributed by atoms with van der Waals surface area (Å²) in [5.74, 6) is 0.367. The van der Waals surface area contributed by atoms with Crippen molar-refractivity contribution in [1.29, 1.82) is 0 Å². The zero-order chi connectivity index (χ0) is 13.0. The van der Waals surface area contributed by atoms with Gasteiger partial charge in [-0.05, 0) is 31.6 Å². The molecule has 1 N–H and O–H groups in total. The van der Waals surface area contributed by atoms with E-state index in [0.717, 1.165) is 38.5 Å². The average Bonchev–Trinajstić information content (AvgIpc) is 2.80. The lowest BCUT2D eigenvalue weighted by atomic mass is 9.89. The van der Waals surface area contributed by atoms with Crippen LogP contribution in [0.15, 0.2) is 0 Å². The lowest BCUT2D eigenvalue weighted by Gasteiger charge is -2.27. The van der Waals surface area contributed by atoms with Gasteiger partial charge in [0.05, 0.1) is 11.9 Å². The van der Waals surface area contributed by atoms with Crippen molar-refractivity contribution < 1.29 is 13.2 Å². The Morgan fingerprint density at radius 3 is 2.61 bits per heavy atom. The molecule has 0 bridgehead atoms. The molecule has 1 heterocycles. The molecular weight excluding hydrogens is 274 g/mol. The maximum absolute atomic E-state index is 11.9. The second-order valence-corrected chi connectivity index (χ2v) is 7.74. The van der Waals surface area contributed by atoms with Crippen molar-refractivity contribution in [2.45, 2.75) is 50.0 Å². The second-order valence-electron chi connectivity index (χ2n) is 5.33. The molecule has 0 aromatic heterocycles. The Kier molecular flexibility index (Phi) is 5.30. The van der Waals surface area contributed by atoms with E-state index in [-0.39, 0.29) is 23.2 Å². The maximum atomic E-state index is 11.9. The SMILES string of the molecule is O=S(=O)(CC1CCCO1)NCC1CCCCC1Cl. The van der Waals surface area contributed by atoms with E-state index in [0.29, 0.717) is 13.2 Å². The Morgan fingerprint density at radius 1 is 1.17 bits per heavy atom. The fraction of sp³-hybridized carbons (Fsp3) is 1.00. The van der Waals surface area contributed by atoms with E-state index in [1.807, 2.05) is 0 Å². The zero-order valence-corrected chi connectivity index (χ0v) is 12.2. The molecule has 2 aliphatic rings. The van der Waals surface area contributed by atoms with Crippen LogP contribution < -0.4 is 4.72 Å². The summed E-state index contributed by atoms with van der Waals surface area (Å²) < 4.78 is 31.9. The number of hydrogen-bond donors (Lipinski definition) is 1. The smallest absolute Gasteiger partial charge is 0.214 e. The second kappa shape index (κ2) is 6.55. The predicted octanol–water partition coefficient (Wildman–Crippen LogP) is 1.88. The van der Waals surface area contributed by atoms with Gasteiger partial charge in [0.25, 0.3) is 0 Å². The fourth-order valence-electron chi connectivity index (χ4n) is 2.71. The highest BCUT2D eigenvalue weighted by atomic mass is 35.5. The summed E-state index contributed by atoms with van der Waals surface area (Å²) in [7, 11) is -3.22. The number of alkyl halides is 1. The van der Waals surface area contributed by atoms with Crippen LogP contribution in [0.4, 0.5) is 0 Å². The molecule has 2 fully saturated rings. The first-order valence-corrected chi connectivity index (χ1v) is 8.89. The summed E-state index contributed by atoms with van der Waals surface area (Å²) in [6, 6.07) is 0. The lowest BCUT2D eigenvalue weighted by Crippen LogP contribution is -2.38. The van der Waals surface area contributed by atoms with Gasteiger partial charge in [0.1, 0.15) is 0 Å². The van der Waals surface area contributed by atoms with Gasteiger partial charge in [-0.25, -0.2) is 13.1 Å². The van der Waals surface area contributed by atoms with E-state index < -0.39 is 10.0 Å². The minimum atomic E-state index is -3.22. The van der Waals surface area contributed by atoms with Gasteiger partial charge < -0.3 is 4.74 Å². The number of rotatable bonds is 5. The summed E-state index contributed by atoms with van der Waals surface area (Å²) in [6.07, 6.45) is 6.03. The summed E-state index contributed by atoms with van der Waals surface area (Å²) >= 11 is 6.22. The summed E-state index contributed by atoms with van der Waals surface area (Å²) in [6.45, 7) is 1.16. The highest BCUT2D eigenvalue weighted by Crippen LogP contribution is 2.28. The number of nitrogens with one attached hydrogen (secondary N) is 1. The summed E-state index contributed by atoms with van der Waals surface area (Å²) in [5, 5.41) is 0.115. The summed E-state index contributed by atoms with van der Waals surface area (Å²) in [5.41, 5.74) is 0. The van der Waals surface area contributed by atoms with Gasteiger partial charge in [0, 0.05) is 18.5 Å². The van der Waals surface area contributed by atoms with E-state index >= 15 is 0 Å². The van der Waals surface area contributed by atoms with Gasteiger partial charge in [-0.15, -0.1) is 11.6 Å². The number of hydrogen-bond acceptors (Lipinski definition) is 3. The van der Waals surface area contributed by atoms with Crippen LogP contribution in [0.3, 0.4) is 0 Å². The van der Waals surface area contributed by atoms with Crippen molar-refractivity contribution >= 4 is 21.6 Å². The minimum Gasteiger partial charge on any atom is -0.377 e. The van der Waals surface area contributed by atoms with Crippen LogP contribution in [0.2, 0.25) is 0 Å². The largest absolute Gasteiger partial charge is 0.377 e. The van der Waals surface area contributed by atoms with Gasteiger partial charge in [-0.3, -0.25) is 0 Å². The van der Waals surface area contributed by atoms with E-state index in [2.05, 4.69) is 4.72 Å². The predicted molar refractivity (Wildman–Crippen MR) is 72.4 cm³/mol. The molecule has 0 aromatic rings. The molecule has 2 rings (SSSR count). The highest BCUT2D eigenvalue weighted by molar-refractivity contribution is 7.89. The normalized spacial score (nSPS) is 33.7. The third-order valence-electron chi connectivity index (χ3n) is 3.81. The third-order valence-corrected chi connectivity index (χ3v) is 5.80. The molecule has 1 saturated carbocycles. The van der Waals surface area contributed by atoms with Crippen molar-refractivity contribution in [1.82, 2.24) is 4.72 Å². The number of ether oxygens (including phenoxy) is 1. The first kappa shape index (κ1) is 14.6. The van der Waals surface area contributed by atoms with E-state index in [1.165, 1.54) is 0 Å². The molecule has 106 valence electrons. The third kappa shape index (κ3) is 4.37. The molecule has 18 heavy (non-hydrogen) atoms. The van der Waals surface area contributed by atoms with Crippen molar-refractivity contribution in [3.8, 4) is 0 Å². The molecular formula is C12H22ClNO3S. The van der Waals surface area contributed by atoms with Gasteiger partial charge in [0.2, 0.25) is 10.0 Å². The quantitative estimate of drug-likeness (QED) is 0.788. The molecule has 3 unspecified atom stereocenters. The highest BCUT2D eigenvalue weighted by Gasteiger charge is 2.27. The first-order valence-electron chi connectivity index (χ1n) is 6.80. The van der Waals surface area contributed by atoms with Crippen molar-refractivity contribution in [3.05, 3.63) is 0 Å². The van der Waals surface area contributed by atoms with Crippen LogP contribution in [0.1, 0.15) is 38.5 Å². The van der Waals surface area contributed by atoms with E-state index in [4.69, 9.17) is 16.3 Å². The van der Waals surface area contributed by atoms with Gasteiger partial charge in [-0.1, -0.05) is 12.8 Å². The van der Waals surface area contributed by atoms with Crippen molar-refractivity contribution in [2.24, 2.45) is 5.92 Å². The zero-order valence-electron chi connectivity index (χ0n) is 10.6. The van der Waals surface area contributed by atoms with E-state index in [9.17, 15) is 8.42 Å². The molecule has 1 aliphatic heterocycles. The number of halogens is 1. The van der Waals surface area contributed by atoms with Gasteiger partial charge >= 0.3 is 0 Å². The summed E-state index contributed by atoms with van der Waals surface area (Å²) in [4.78, 5) is 0. The van der Waals surface area contributed by atoms with Gasteiger partial charge in [0.15, 0.2) is 0 Å². The standard InChI is InChI=1S/C12H22ClNO3S/c13-12-6-2-1-4-10(12)8-14-18(15,16)9-11-5-3-7-17-11/h10-12,14H,1-9H2. The average molecular weight is 296 g/mol. The monoisotopic (exact) mass is 295 g/mol. The van der Waals surface area contributed by atoms with E-state index in [1.54, 1.807) is 0 Å². The van der Waals surface area contributed by atoms with Crippen LogP contribution in [0.25, 0.3) is 0 Å². The fourth-order valence-corrected chi connectivity index (χ4v) is 4.41. The molecule has 1 saturated heterocycles. The van der Waals surface area contributed by atoms with Crippen molar-refractivity contribution in [2.75, 3.05) is 18.9 Å². The van der Waals surface area contributed by atoms with Crippen LogP contribution in [-0.4, -0.2) is 38.8 Å². The molecule has 0 aromatic carbocycles. The Labute approximate surface area is 114 Å². The Hall–Kier alpha value is 0.160. The van der Waals surface area contributed by atoms with Crippen LogP contribution in [-0.2, 0) is 14.8 Å². The van der Waals surface area contributed by atoms with Crippen LogP contribution in [0, 0.1) is 5.92 Å². The van der Waals surface area contributed by atoms with Crippen LogP contribution in [0.5, 0.6) is 0 Å². The Bertz CT molecular complexity index is 354.